The average molecular weight is 272 g/mol. The van der Waals surface area contributed by atoms with E-state index in [4.69, 9.17) is 16.3 Å². The van der Waals surface area contributed by atoms with Gasteiger partial charge in [0.2, 0.25) is 0 Å². The first kappa shape index (κ1) is 13.8. The van der Waals surface area contributed by atoms with Crippen LogP contribution in [0.3, 0.4) is 0 Å². The smallest absolute Gasteiger partial charge is 0.148 e. The number of hydrogen-bond donors (Lipinski definition) is 0. The van der Waals surface area contributed by atoms with Crippen LogP contribution in [0.4, 0.5) is 0 Å². The standard InChI is InChI=1S/C13H22ClN3O/c1-10(2)17-12(15-16-13(17)9-14)7-6-11-5-3-4-8-18-11/h10-11H,3-9H2,1-2H3. The van der Waals surface area contributed by atoms with Crippen LogP contribution in [-0.4, -0.2) is 27.5 Å². The van der Waals surface area contributed by atoms with Crippen LogP contribution in [0.15, 0.2) is 0 Å². The number of aromatic nitrogens is 3. The molecular weight excluding hydrogens is 250 g/mol. The van der Waals surface area contributed by atoms with E-state index in [2.05, 4.69) is 28.6 Å². The molecule has 1 fully saturated rings. The van der Waals surface area contributed by atoms with E-state index in [1.807, 2.05) is 0 Å². The minimum absolute atomic E-state index is 0.357. The molecule has 102 valence electrons. The van der Waals surface area contributed by atoms with Crippen molar-refractivity contribution < 1.29 is 4.74 Å². The SMILES string of the molecule is CC(C)n1c(CCl)nnc1CCC1CCCCO1. The molecule has 0 aromatic carbocycles. The molecule has 4 nitrogen and oxygen atoms in total. The summed E-state index contributed by atoms with van der Waals surface area (Å²) in [5.41, 5.74) is 0. The Kier molecular flexibility index (Phi) is 5.01. The molecule has 0 spiro atoms. The van der Waals surface area contributed by atoms with Gasteiger partial charge in [0.15, 0.2) is 0 Å². The van der Waals surface area contributed by atoms with E-state index in [-0.39, 0.29) is 0 Å². The molecule has 2 heterocycles. The van der Waals surface area contributed by atoms with Gasteiger partial charge in [-0.15, -0.1) is 21.8 Å². The number of hydrogen-bond acceptors (Lipinski definition) is 3. The summed E-state index contributed by atoms with van der Waals surface area (Å²) >= 11 is 5.89. The Labute approximate surface area is 114 Å². The van der Waals surface area contributed by atoms with Gasteiger partial charge in [0.1, 0.15) is 11.6 Å². The lowest BCUT2D eigenvalue weighted by molar-refractivity contribution is 0.0110. The lowest BCUT2D eigenvalue weighted by Crippen LogP contribution is -2.20. The first-order chi connectivity index (χ1) is 8.72. The molecule has 1 aromatic heterocycles. The molecule has 1 atom stereocenters. The van der Waals surface area contributed by atoms with Gasteiger partial charge in [0, 0.05) is 19.1 Å². The summed E-state index contributed by atoms with van der Waals surface area (Å²) in [4.78, 5) is 0. The van der Waals surface area contributed by atoms with E-state index in [9.17, 15) is 0 Å². The quantitative estimate of drug-likeness (QED) is 0.773. The Hall–Kier alpha value is -0.610. The van der Waals surface area contributed by atoms with Crippen LogP contribution in [0.5, 0.6) is 0 Å². The number of halogens is 1. The molecule has 1 unspecified atom stereocenters. The highest BCUT2D eigenvalue weighted by molar-refractivity contribution is 6.16. The van der Waals surface area contributed by atoms with E-state index in [0.29, 0.717) is 18.0 Å². The number of aryl methyl sites for hydroxylation is 1. The van der Waals surface area contributed by atoms with Gasteiger partial charge in [0.05, 0.1) is 12.0 Å². The third kappa shape index (κ3) is 3.23. The summed E-state index contributed by atoms with van der Waals surface area (Å²) in [7, 11) is 0. The van der Waals surface area contributed by atoms with E-state index < -0.39 is 0 Å². The monoisotopic (exact) mass is 271 g/mol. The highest BCUT2D eigenvalue weighted by Gasteiger charge is 2.18. The molecule has 0 aliphatic carbocycles. The number of alkyl halides is 1. The largest absolute Gasteiger partial charge is 0.378 e. The van der Waals surface area contributed by atoms with Gasteiger partial charge in [0.25, 0.3) is 0 Å². The summed E-state index contributed by atoms with van der Waals surface area (Å²) in [5, 5.41) is 8.43. The predicted molar refractivity (Wildman–Crippen MR) is 71.9 cm³/mol. The Bertz CT molecular complexity index is 372. The van der Waals surface area contributed by atoms with Crippen molar-refractivity contribution in [3.05, 3.63) is 11.6 Å². The highest BCUT2D eigenvalue weighted by Crippen LogP contribution is 2.19. The van der Waals surface area contributed by atoms with Crippen LogP contribution in [-0.2, 0) is 17.0 Å². The number of rotatable bonds is 5. The summed E-state index contributed by atoms with van der Waals surface area (Å²) < 4.78 is 7.90. The lowest BCUT2D eigenvalue weighted by atomic mass is 10.0. The molecule has 0 N–H and O–H groups in total. The van der Waals surface area contributed by atoms with Gasteiger partial charge in [-0.1, -0.05) is 0 Å². The summed E-state index contributed by atoms with van der Waals surface area (Å²) in [6, 6.07) is 0.357. The Morgan fingerprint density at radius 2 is 2.11 bits per heavy atom. The van der Waals surface area contributed by atoms with E-state index in [1.54, 1.807) is 0 Å². The maximum absolute atomic E-state index is 5.89. The molecule has 0 radical (unpaired) electrons. The van der Waals surface area contributed by atoms with Gasteiger partial charge < -0.3 is 9.30 Å². The van der Waals surface area contributed by atoms with E-state index in [0.717, 1.165) is 31.1 Å². The first-order valence-corrected chi connectivity index (χ1v) is 7.36. The van der Waals surface area contributed by atoms with Gasteiger partial charge in [-0.05, 0) is 39.5 Å². The topological polar surface area (TPSA) is 39.9 Å². The maximum atomic E-state index is 5.89. The predicted octanol–water partition coefficient (Wildman–Crippen LogP) is 3.10. The fraction of sp³-hybridized carbons (Fsp3) is 0.846. The molecular formula is C13H22ClN3O. The zero-order valence-corrected chi connectivity index (χ0v) is 12.0. The molecule has 0 amide bonds. The third-order valence-electron chi connectivity index (χ3n) is 3.44. The van der Waals surface area contributed by atoms with E-state index in [1.165, 1.54) is 19.3 Å². The second-order valence-corrected chi connectivity index (χ2v) is 5.42. The van der Waals surface area contributed by atoms with Gasteiger partial charge in [-0.2, -0.15) is 0 Å². The first-order valence-electron chi connectivity index (χ1n) is 6.82. The lowest BCUT2D eigenvalue weighted by Gasteiger charge is -2.22. The zero-order valence-electron chi connectivity index (χ0n) is 11.2. The fourth-order valence-corrected chi connectivity index (χ4v) is 2.73. The number of ether oxygens (including phenoxy) is 1. The van der Waals surface area contributed by atoms with Crippen LogP contribution >= 0.6 is 11.6 Å². The van der Waals surface area contributed by atoms with Crippen LogP contribution in [0.25, 0.3) is 0 Å². The second-order valence-electron chi connectivity index (χ2n) is 5.16. The van der Waals surface area contributed by atoms with Gasteiger partial charge in [-0.3, -0.25) is 0 Å². The minimum Gasteiger partial charge on any atom is -0.378 e. The molecule has 0 saturated carbocycles. The van der Waals surface area contributed by atoms with Crippen LogP contribution in [0, 0.1) is 0 Å². The minimum atomic E-state index is 0.357. The van der Waals surface area contributed by atoms with Crippen LogP contribution < -0.4 is 0 Å². The third-order valence-corrected chi connectivity index (χ3v) is 3.68. The van der Waals surface area contributed by atoms with Crippen molar-refractivity contribution in [2.45, 2.75) is 64.0 Å². The molecule has 1 saturated heterocycles. The molecule has 5 heteroatoms. The van der Waals surface area contributed by atoms with Gasteiger partial charge in [-0.25, -0.2) is 0 Å². The van der Waals surface area contributed by atoms with Crippen molar-refractivity contribution in [1.29, 1.82) is 0 Å². The van der Waals surface area contributed by atoms with Crippen LogP contribution in [0.1, 0.15) is 57.2 Å². The van der Waals surface area contributed by atoms with E-state index >= 15 is 0 Å². The molecule has 1 aliphatic heterocycles. The Morgan fingerprint density at radius 3 is 2.72 bits per heavy atom. The van der Waals surface area contributed by atoms with Crippen molar-refractivity contribution in [2.24, 2.45) is 0 Å². The maximum Gasteiger partial charge on any atom is 0.148 e. The van der Waals surface area contributed by atoms with Crippen LogP contribution in [0.2, 0.25) is 0 Å². The van der Waals surface area contributed by atoms with Crippen molar-refractivity contribution in [3.8, 4) is 0 Å². The fourth-order valence-electron chi connectivity index (χ4n) is 2.54. The summed E-state index contributed by atoms with van der Waals surface area (Å²) in [6.07, 6.45) is 6.03. The molecule has 2 rings (SSSR count). The Balaban J connectivity index is 1.97. The number of nitrogens with zero attached hydrogens (tertiary/aromatic N) is 3. The molecule has 1 aromatic rings. The summed E-state index contributed by atoms with van der Waals surface area (Å²) in [5.74, 6) is 2.33. The average Bonchev–Trinajstić information content (AvgIpc) is 2.80. The van der Waals surface area contributed by atoms with Crippen molar-refractivity contribution >= 4 is 11.6 Å². The molecule has 0 bridgehead atoms. The summed E-state index contributed by atoms with van der Waals surface area (Å²) in [6.45, 7) is 5.19. The highest BCUT2D eigenvalue weighted by atomic mass is 35.5. The van der Waals surface area contributed by atoms with Gasteiger partial charge >= 0.3 is 0 Å². The second kappa shape index (κ2) is 6.53. The molecule has 1 aliphatic rings. The molecule has 18 heavy (non-hydrogen) atoms. The van der Waals surface area contributed by atoms with Crippen molar-refractivity contribution in [2.75, 3.05) is 6.61 Å². The van der Waals surface area contributed by atoms with Crippen molar-refractivity contribution in [3.63, 3.8) is 0 Å². The zero-order chi connectivity index (χ0) is 13.0. The Morgan fingerprint density at radius 1 is 1.33 bits per heavy atom. The van der Waals surface area contributed by atoms with Crippen molar-refractivity contribution in [1.82, 2.24) is 14.8 Å². The normalized spacial score (nSPS) is 20.6.